The van der Waals surface area contributed by atoms with Crippen LogP contribution < -0.4 is 5.32 Å². The lowest BCUT2D eigenvalue weighted by Gasteiger charge is -2.28. The van der Waals surface area contributed by atoms with E-state index in [1.54, 1.807) is 6.07 Å². The number of halogens is 1. The van der Waals surface area contributed by atoms with Crippen LogP contribution in [-0.2, 0) is 4.74 Å². The summed E-state index contributed by atoms with van der Waals surface area (Å²) >= 11 is 7.36. The van der Waals surface area contributed by atoms with E-state index in [2.05, 4.69) is 19.0 Å². The Morgan fingerprint density at radius 2 is 2.19 bits per heavy atom. The van der Waals surface area contributed by atoms with Crippen molar-refractivity contribution in [3.63, 3.8) is 0 Å². The van der Waals surface area contributed by atoms with E-state index in [4.69, 9.17) is 16.3 Å². The number of nitrogens with one attached hydrogen (secondary N) is 1. The van der Waals surface area contributed by atoms with Crippen molar-refractivity contribution in [2.45, 2.75) is 6.10 Å². The van der Waals surface area contributed by atoms with Crippen LogP contribution in [0.5, 0.6) is 0 Å². The first-order chi connectivity index (χ1) is 10.2. The molecule has 0 aliphatic carbocycles. The smallest absolute Gasteiger partial charge is 0.129 e. The Kier molecular flexibility index (Phi) is 4.87. The molecule has 1 unspecified atom stereocenters. The second kappa shape index (κ2) is 6.85. The molecule has 2 aromatic rings. The average molecular weight is 329 g/mol. The Morgan fingerprint density at radius 3 is 3.00 bits per heavy atom. The molecule has 0 spiro atoms. The van der Waals surface area contributed by atoms with Crippen molar-refractivity contribution in [3.05, 3.63) is 17.2 Å². The molecule has 1 saturated heterocycles. The number of fused-ring (bicyclic) bond motifs is 1. The first-order valence-electron chi connectivity index (χ1n) is 6.87. The van der Waals surface area contributed by atoms with Crippen LogP contribution in [0, 0.1) is 0 Å². The summed E-state index contributed by atoms with van der Waals surface area (Å²) in [4.78, 5) is 2.20. The SMILES string of the molecule is OC(CNc1c(Cl)ccc2nsnc12)CN1CCOCC1. The molecule has 0 radical (unpaired) electrons. The number of rotatable bonds is 5. The maximum absolute atomic E-state index is 10.2. The number of hydrogen-bond donors (Lipinski definition) is 2. The molecule has 21 heavy (non-hydrogen) atoms. The molecule has 3 rings (SSSR count). The van der Waals surface area contributed by atoms with Gasteiger partial charge in [-0.15, -0.1) is 0 Å². The molecule has 0 amide bonds. The van der Waals surface area contributed by atoms with Crippen molar-refractivity contribution in [2.75, 3.05) is 44.7 Å². The molecule has 1 aliphatic rings. The fourth-order valence-corrected chi connectivity index (χ4v) is 3.12. The van der Waals surface area contributed by atoms with Crippen molar-refractivity contribution in [3.8, 4) is 0 Å². The number of aliphatic hydroxyl groups is 1. The minimum atomic E-state index is -0.471. The Hall–Kier alpha value is -0.990. The molecule has 114 valence electrons. The average Bonchev–Trinajstić information content (AvgIpc) is 2.96. The molecule has 1 aromatic heterocycles. The van der Waals surface area contributed by atoms with Gasteiger partial charge >= 0.3 is 0 Å². The van der Waals surface area contributed by atoms with Gasteiger partial charge in [0.15, 0.2) is 0 Å². The number of morpholine rings is 1. The van der Waals surface area contributed by atoms with E-state index in [0.717, 1.165) is 54.8 Å². The van der Waals surface area contributed by atoms with Crippen LogP contribution in [0.4, 0.5) is 5.69 Å². The van der Waals surface area contributed by atoms with Gasteiger partial charge in [0.1, 0.15) is 11.0 Å². The van der Waals surface area contributed by atoms with E-state index in [1.807, 2.05) is 6.07 Å². The van der Waals surface area contributed by atoms with Crippen molar-refractivity contribution in [1.82, 2.24) is 13.6 Å². The summed E-state index contributed by atoms with van der Waals surface area (Å²) in [5, 5.41) is 13.9. The fourth-order valence-electron chi connectivity index (χ4n) is 2.36. The van der Waals surface area contributed by atoms with Gasteiger partial charge in [0.25, 0.3) is 0 Å². The highest BCUT2D eigenvalue weighted by Gasteiger charge is 2.16. The molecule has 6 nitrogen and oxygen atoms in total. The largest absolute Gasteiger partial charge is 0.390 e. The summed E-state index contributed by atoms with van der Waals surface area (Å²) in [5.74, 6) is 0. The van der Waals surface area contributed by atoms with Crippen LogP contribution in [-0.4, -0.2) is 64.3 Å². The zero-order valence-electron chi connectivity index (χ0n) is 11.5. The second-order valence-electron chi connectivity index (χ2n) is 5.00. The predicted octanol–water partition coefficient (Wildman–Crippen LogP) is 1.45. The molecule has 2 N–H and O–H groups in total. The fraction of sp³-hybridized carbons (Fsp3) is 0.538. The number of benzene rings is 1. The van der Waals surface area contributed by atoms with Gasteiger partial charge in [0, 0.05) is 26.2 Å². The van der Waals surface area contributed by atoms with Gasteiger partial charge < -0.3 is 15.2 Å². The normalized spacial score (nSPS) is 18.0. The summed E-state index contributed by atoms with van der Waals surface area (Å²) in [6.07, 6.45) is -0.471. The van der Waals surface area contributed by atoms with E-state index in [1.165, 1.54) is 0 Å². The van der Waals surface area contributed by atoms with Crippen LogP contribution in [0.25, 0.3) is 11.0 Å². The second-order valence-corrected chi connectivity index (χ2v) is 5.94. The van der Waals surface area contributed by atoms with E-state index >= 15 is 0 Å². The maximum atomic E-state index is 10.2. The Labute approximate surface area is 132 Å². The van der Waals surface area contributed by atoms with Crippen LogP contribution in [0.3, 0.4) is 0 Å². The molecule has 1 fully saturated rings. The van der Waals surface area contributed by atoms with Gasteiger partial charge in [-0.2, -0.15) is 8.75 Å². The minimum Gasteiger partial charge on any atom is -0.390 e. The third-order valence-corrected chi connectivity index (χ3v) is 4.32. The Morgan fingerprint density at radius 1 is 1.38 bits per heavy atom. The van der Waals surface area contributed by atoms with Crippen LogP contribution in [0.2, 0.25) is 5.02 Å². The summed E-state index contributed by atoms with van der Waals surface area (Å²) in [6, 6.07) is 3.64. The van der Waals surface area contributed by atoms with Crippen molar-refractivity contribution in [1.29, 1.82) is 0 Å². The van der Waals surface area contributed by atoms with Crippen molar-refractivity contribution < 1.29 is 9.84 Å². The third-order valence-electron chi connectivity index (χ3n) is 3.46. The zero-order valence-corrected chi connectivity index (χ0v) is 13.0. The Balaban J connectivity index is 1.60. The zero-order chi connectivity index (χ0) is 14.7. The molecular weight excluding hydrogens is 312 g/mol. The molecule has 0 bridgehead atoms. The lowest BCUT2D eigenvalue weighted by Crippen LogP contribution is -2.42. The predicted molar refractivity (Wildman–Crippen MR) is 84.2 cm³/mol. The molecule has 2 heterocycles. The van der Waals surface area contributed by atoms with Gasteiger partial charge in [-0.1, -0.05) is 11.6 Å². The highest BCUT2D eigenvalue weighted by Crippen LogP contribution is 2.29. The van der Waals surface area contributed by atoms with Crippen LogP contribution in [0.15, 0.2) is 12.1 Å². The minimum absolute atomic E-state index is 0.424. The number of anilines is 1. The first kappa shape index (κ1) is 14.9. The summed E-state index contributed by atoms with van der Waals surface area (Å²) in [5.41, 5.74) is 2.31. The summed E-state index contributed by atoms with van der Waals surface area (Å²) < 4.78 is 13.7. The van der Waals surface area contributed by atoms with E-state index in [9.17, 15) is 5.11 Å². The Bertz CT molecular complexity index is 603. The molecule has 1 aromatic carbocycles. The highest BCUT2D eigenvalue weighted by atomic mass is 35.5. The van der Waals surface area contributed by atoms with Gasteiger partial charge in [-0.25, -0.2) is 0 Å². The maximum Gasteiger partial charge on any atom is 0.129 e. The molecule has 1 atom stereocenters. The molecule has 0 saturated carbocycles. The molecule has 1 aliphatic heterocycles. The topological polar surface area (TPSA) is 70.5 Å². The third kappa shape index (κ3) is 3.61. The number of hydrogen-bond acceptors (Lipinski definition) is 7. The van der Waals surface area contributed by atoms with E-state index in [-0.39, 0.29) is 0 Å². The summed E-state index contributed by atoms with van der Waals surface area (Å²) in [6.45, 7) is 4.24. The monoisotopic (exact) mass is 328 g/mol. The highest BCUT2D eigenvalue weighted by molar-refractivity contribution is 7.00. The first-order valence-corrected chi connectivity index (χ1v) is 7.97. The quantitative estimate of drug-likeness (QED) is 0.865. The van der Waals surface area contributed by atoms with E-state index < -0.39 is 6.10 Å². The van der Waals surface area contributed by atoms with Gasteiger partial charge in [-0.3, -0.25) is 4.90 Å². The van der Waals surface area contributed by atoms with Crippen LogP contribution in [0.1, 0.15) is 0 Å². The number of ether oxygens (including phenoxy) is 1. The van der Waals surface area contributed by atoms with Gasteiger partial charge in [0.05, 0.1) is 41.8 Å². The van der Waals surface area contributed by atoms with Crippen molar-refractivity contribution in [2.24, 2.45) is 0 Å². The van der Waals surface area contributed by atoms with Crippen molar-refractivity contribution >= 4 is 40.0 Å². The number of aliphatic hydroxyl groups excluding tert-OH is 1. The lowest BCUT2D eigenvalue weighted by molar-refractivity contribution is 0.0171. The lowest BCUT2D eigenvalue weighted by atomic mass is 10.2. The number of β-amino-alcohol motifs (C(OH)–C–C–N with tert-alkyl or cyclic N) is 1. The molecule has 8 heteroatoms. The standard InChI is InChI=1S/C13H17ClN4O2S/c14-10-1-2-11-13(17-21-16-11)12(10)15-7-9(19)8-18-3-5-20-6-4-18/h1-2,9,15,19H,3-8H2. The summed E-state index contributed by atoms with van der Waals surface area (Å²) in [7, 11) is 0. The number of aromatic nitrogens is 2. The number of nitrogens with zero attached hydrogens (tertiary/aromatic N) is 3. The van der Waals surface area contributed by atoms with Crippen LogP contribution >= 0.6 is 23.3 Å². The molecular formula is C13H17ClN4O2S. The van der Waals surface area contributed by atoms with Gasteiger partial charge in [-0.05, 0) is 12.1 Å². The van der Waals surface area contributed by atoms with Gasteiger partial charge in [0.2, 0.25) is 0 Å². The van der Waals surface area contributed by atoms with E-state index in [0.29, 0.717) is 18.1 Å².